The van der Waals surface area contributed by atoms with Gasteiger partial charge in [-0.15, -0.1) is 36.2 Å². The Labute approximate surface area is 124 Å². The zero-order valence-electron chi connectivity index (χ0n) is 10.4. The van der Waals surface area contributed by atoms with Crippen LogP contribution in [0.3, 0.4) is 0 Å². The quantitative estimate of drug-likeness (QED) is 0.768. The zero-order valence-corrected chi connectivity index (χ0v) is 12.9. The van der Waals surface area contributed by atoms with Gasteiger partial charge in [0, 0.05) is 26.1 Å². The van der Waals surface area contributed by atoms with E-state index in [2.05, 4.69) is 10.3 Å². The van der Waals surface area contributed by atoms with E-state index >= 15 is 0 Å². The minimum Gasteiger partial charge on any atom is -0.383 e. The SMILES string of the molecule is COCCNCC(=O)N(C)Cc1cscn1.Cl.Cl. The Morgan fingerprint density at radius 3 is 2.83 bits per heavy atom. The number of likely N-dealkylation sites (N-methyl/N-ethyl adjacent to an activating group) is 1. The van der Waals surface area contributed by atoms with Crippen molar-refractivity contribution in [1.82, 2.24) is 15.2 Å². The van der Waals surface area contributed by atoms with E-state index in [0.29, 0.717) is 26.2 Å². The lowest BCUT2D eigenvalue weighted by Gasteiger charge is -2.16. The molecule has 18 heavy (non-hydrogen) atoms. The number of aromatic nitrogens is 1. The highest BCUT2D eigenvalue weighted by molar-refractivity contribution is 7.07. The van der Waals surface area contributed by atoms with Crippen LogP contribution in [0.1, 0.15) is 5.69 Å². The van der Waals surface area contributed by atoms with Crippen molar-refractivity contribution in [3.05, 3.63) is 16.6 Å². The first kappa shape index (κ1) is 19.9. The molecule has 0 atom stereocenters. The van der Waals surface area contributed by atoms with Crippen LogP contribution in [0.2, 0.25) is 0 Å². The Balaban J connectivity index is 0. The van der Waals surface area contributed by atoms with Gasteiger partial charge in [-0.3, -0.25) is 4.79 Å². The van der Waals surface area contributed by atoms with Crippen LogP contribution < -0.4 is 5.32 Å². The lowest BCUT2D eigenvalue weighted by atomic mass is 10.4. The van der Waals surface area contributed by atoms with Gasteiger partial charge in [0.05, 0.1) is 30.9 Å². The van der Waals surface area contributed by atoms with Crippen molar-refractivity contribution in [3.63, 3.8) is 0 Å². The molecule has 106 valence electrons. The number of methoxy groups -OCH3 is 1. The smallest absolute Gasteiger partial charge is 0.236 e. The number of carbonyl (C=O) groups excluding carboxylic acids is 1. The third-order valence-corrected chi connectivity index (χ3v) is 2.70. The summed E-state index contributed by atoms with van der Waals surface area (Å²) < 4.78 is 4.87. The molecule has 0 bridgehead atoms. The molecule has 1 heterocycles. The molecular formula is C10H19Cl2N3O2S. The fourth-order valence-electron chi connectivity index (χ4n) is 1.15. The van der Waals surface area contributed by atoms with Gasteiger partial charge in [0.25, 0.3) is 0 Å². The van der Waals surface area contributed by atoms with Crippen molar-refractivity contribution >= 4 is 42.1 Å². The molecule has 1 amide bonds. The Kier molecular flexibility index (Phi) is 12.9. The number of carbonyl (C=O) groups is 1. The largest absolute Gasteiger partial charge is 0.383 e. The first-order chi connectivity index (χ1) is 7.74. The van der Waals surface area contributed by atoms with E-state index in [1.165, 1.54) is 11.3 Å². The normalized spacial score (nSPS) is 9.22. The molecule has 0 spiro atoms. The summed E-state index contributed by atoms with van der Waals surface area (Å²) in [6.45, 7) is 2.20. The molecule has 0 aliphatic rings. The molecule has 0 saturated heterocycles. The fraction of sp³-hybridized carbons (Fsp3) is 0.600. The van der Waals surface area contributed by atoms with Gasteiger partial charge in [0.15, 0.2) is 0 Å². The lowest BCUT2D eigenvalue weighted by Crippen LogP contribution is -2.36. The average molecular weight is 316 g/mol. The molecule has 1 rings (SSSR count). The average Bonchev–Trinajstić information content (AvgIpc) is 2.76. The van der Waals surface area contributed by atoms with E-state index in [9.17, 15) is 4.79 Å². The van der Waals surface area contributed by atoms with E-state index in [1.54, 1.807) is 24.6 Å². The highest BCUT2D eigenvalue weighted by atomic mass is 35.5. The summed E-state index contributed by atoms with van der Waals surface area (Å²) in [5, 5.41) is 4.96. The molecule has 1 aromatic heterocycles. The maximum Gasteiger partial charge on any atom is 0.236 e. The summed E-state index contributed by atoms with van der Waals surface area (Å²) >= 11 is 1.54. The molecule has 0 fully saturated rings. The maximum atomic E-state index is 11.6. The molecule has 1 N–H and O–H groups in total. The number of hydrogen-bond acceptors (Lipinski definition) is 5. The van der Waals surface area contributed by atoms with Crippen molar-refractivity contribution in [2.24, 2.45) is 0 Å². The Bertz CT molecular complexity index is 312. The summed E-state index contributed by atoms with van der Waals surface area (Å²) in [5.41, 5.74) is 2.70. The number of amides is 1. The first-order valence-corrected chi connectivity index (χ1v) is 5.99. The van der Waals surface area contributed by atoms with E-state index in [4.69, 9.17) is 4.74 Å². The molecule has 0 radical (unpaired) electrons. The van der Waals surface area contributed by atoms with Crippen molar-refractivity contribution in [1.29, 1.82) is 0 Å². The van der Waals surface area contributed by atoms with Crippen LogP contribution in [0.25, 0.3) is 0 Å². The van der Waals surface area contributed by atoms with Crippen LogP contribution in [0.4, 0.5) is 0 Å². The van der Waals surface area contributed by atoms with Crippen LogP contribution in [0.15, 0.2) is 10.9 Å². The molecule has 0 aliphatic heterocycles. The summed E-state index contributed by atoms with van der Waals surface area (Å²) in [7, 11) is 3.41. The van der Waals surface area contributed by atoms with E-state index in [1.807, 2.05) is 5.38 Å². The van der Waals surface area contributed by atoms with Crippen molar-refractivity contribution < 1.29 is 9.53 Å². The second kappa shape index (κ2) is 11.7. The third kappa shape index (κ3) is 7.84. The lowest BCUT2D eigenvalue weighted by molar-refractivity contribution is -0.129. The molecule has 0 saturated carbocycles. The Morgan fingerprint density at radius 1 is 1.56 bits per heavy atom. The fourth-order valence-corrected chi connectivity index (χ4v) is 1.70. The number of thiazole rings is 1. The number of halogens is 2. The van der Waals surface area contributed by atoms with Crippen molar-refractivity contribution in [3.8, 4) is 0 Å². The molecular weight excluding hydrogens is 297 g/mol. The van der Waals surface area contributed by atoms with Gasteiger partial charge in [0.1, 0.15) is 0 Å². The number of nitrogens with one attached hydrogen (secondary N) is 1. The molecule has 0 aromatic carbocycles. The maximum absolute atomic E-state index is 11.6. The molecule has 8 heteroatoms. The molecule has 0 aliphatic carbocycles. The summed E-state index contributed by atoms with van der Waals surface area (Å²) in [6, 6.07) is 0. The summed E-state index contributed by atoms with van der Waals surface area (Å²) in [6.07, 6.45) is 0. The number of nitrogens with zero attached hydrogens (tertiary/aromatic N) is 2. The van der Waals surface area contributed by atoms with Crippen LogP contribution in [-0.2, 0) is 16.1 Å². The third-order valence-electron chi connectivity index (χ3n) is 2.07. The second-order valence-corrected chi connectivity index (χ2v) is 4.12. The van der Waals surface area contributed by atoms with E-state index in [-0.39, 0.29) is 30.7 Å². The highest BCUT2D eigenvalue weighted by Crippen LogP contribution is 2.03. The van der Waals surface area contributed by atoms with Crippen LogP contribution >= 0.6 is 36.2 Å². The zero-order chi connectivity index (χ0) is 11.8. The van der Waals surface area contributed by atoms with Gasteiger partial charge in [-0.05, 0) is 0 Å². The monoisotopic (exact) mass is 315 g/mol. The first-order valence-electron chi connectivity index (χ1n) is 5.04. The number of ether oxygens (including phenoxy) is 1. The van der Waals surface area contributed by atoms with Gasteiger partial charge in [-0.1, -0.05) is 0 Å². The van der Waals surface area contributed by atoms with Crippen molar-refractivity contribution in [2.75, 3.05) is 33.9 Å². The van der Waals surface area contributed by atoms with Gasteiger partial charge in [-0.2, -0.15) is 0 Å². The Morgan fingerprint density at radius 2 is 2.28 bits per heavy atom. The molecule has 0 unspecified atom stereocenters. The summed E-state index contributed by atoms with van der Waals surface area (Å²) in [5.74, 6) is 0.0594. The topological polar surface area (TPSA) is 54.5 Å². The molecule has 5 nitrogen and oxygen atoms in total. The highest BCUT2D eigenvalue weighted by Gasteiger charge is 2.09. The van der Waals surface area contributed by atoms with Crippen LogP contribution in [-0.4, -0.2) is 49.6 Å². The van der Waals surface area contributed by atoms with Gasteiger partial charge >= 0.3 is 0 Å². The van der Waals surface area contributed by atoms with Gasteiger partial charge < -0.3 is 15.0 Å². The molecule has 1 aromatic rings. The predicted molar refractivity (Wildman–Crippen MR) is 77.8 cm³/mol. The Hall–Kier alpha value is -0.400. The predicted octanol–water partition coefficient (Wildman–Crippen LogP) is 1.18. The van der Waals surface area contributed by atoms with E-state index in [0.717, 1.165) is 5.69 Å². The van der Waals surface area contributed by atoms with E-state index < -0.39 is 0 Å². The minimum atomic E-state index is 0. The van der Waals surface area contributed by atoms with Gasteiger partial charge in [-0.25, -0.2) is 4.98 Å². The second-order valence-electron chi connectivity index (χ2n) is 3.40. The van der Waals surface area contributed by atoms with Crippen LogP contribution in [0, 0.1) is 0 Å². The summed E-state index contributed by atoms with van der Waals surface area (Å²) in [4.78, 5) is 17.4. The minimum absolute atomic E-state index is 0. The van der Waals surface area contributed by atoms with Crippen LogP contribution in [0.5, 0.6) is 0 Å². The number of hydrogen-bond donors (Lipinski definition) is 1. The van der Waals surface area contributed by atoms with Crippen molar-refractivity contribution in [2.45, 2.75) is 6.54 Å². The van der Waals surface area contributed by atoms with Gasteiger partial charge in [0.2, 0.25) is 5.91 Å². The number of rotatable bonds is 7. The standard InChI is InChI=1S/C10H17N3O2S.2ClH/c1-13(6-9-7-16-8-12-9)10(14)5-11-3-4-15-2;;/h7-8,11H,3-6H2,1-2H3;2*1H.